The lowest BCUT2D eigenvalue weighted by atomic mass is 10.1. The van der Waals surface area contributed by atoms with Crippen molar-refractivity contribution in [2.45, 2.75) is 12.6 Å². The molecule has 1 aliphatic rings. The number of ether oxygens (including phenoxy) is 1. The van der Waals surface area contributed by atoms with Crippen LogP contribution in [0, 0.1) is 0 Å². The molecule has 2 heterocycles. The van der Waals surface area contributed by atoms with Crippen molar-refractivity contribution in [2.24, 2.45) is 0 Å². The molecule has 8 heteroatoms. The number of nitrogens with one attached hydrogen (secondary N) is 4. The molecule has 0 radical (unpaired) electrons. The Morgan fingerprint density at radius 2 is 1.53 bits per heavy atom. The van der Waals surface area contributed by atoms with Crippen molar-refractivity contribution in [3.8, 4) is 5.88 Å². The van der Waals surface area contributed by atoms with Gasteiger partial charge in [0, 0.05) is 23.5 Å². The summed E-state index contributed by atoms with van der Waals surface area (Å²) in [6, 6.07) is 26.8. The lowest BCUT2D eigenvalue weighted by Crippen LogP contribution is -2.19. The van der Waals surface area contributed by atoms with E-state index in [4.69, 9.17) is 4.74 Å². The Kier molecular flexibility index (Phi) is 6.20. The zero-order valence-electron chi connectivity index (χ0n) is 18.4. The van der Waals surface area contributed by atoms with E-state index in [9.17, 15) is 4.79 Å². The van der Waals surface area contributed by atoms with Gasteiger partial charge < -0.3 is 26.0 Å². The van der Waals surface area contributed by atoms with E-state index >= 15 is 0 Å². The summed E-state index contributed by atoms with van der Waals surface area (Å²) in [5.41, 5.74) is 4.40. The van der Waals surface area contributed by atoms with E-state index in [2.05, 4.69) is 31.2 Å². The highest BCUT2D eigenvalue weighted by Crippen LogP contribution is 2.39. The minimum absolute atomic E-state index is 0.276. The number of anilines is 4. The normalized spacial score (nSPS) is 13.8. The van der Waals surface area contributed by atoms with Crippen LogP contribution in [0.3, 0.4) is 0 Å². The Morgan fingerprint density at radius 1 is 0.853 bits per heavy atom. The van der Waals surface area contributed by atoms with Gasteiger partial charge in [0.2, 0.25) is 5.88 Å². The van der Waals surface area contributed by atoms with Gasteiger partial charge in [-0.1, -0.05) is 60.7 Å². The molecule has 0 saturated carbocycles. The highest BCUT2D eigenvalue weighted by atomic mass is 16.5. The summed E-state index contributed by atoms with van der Waals surface area (Å²) in [5.74, 6) is 1.25. The van der Waals surface area contributed by atoms with Crippen molar-refractivity contribution in [1.82, 2.24) is 9.97 Å². The van der Waals surface area contributed by atoms with Crippen LogP contribution >= 0.6 is 0 Å². The fourth-order valence-corrected chi connectivity index (χ4v) is 3.67. The number of amides is 2. The van der Waals surface area contributed by atoms with Crippen LogP contribution in [-0.2, 0) is 6.42 Å². The summed E-state index contributed by atoms with van der Waals surface area (Å²) in [5, 5.41) is 12.4. The number of aromatic nitrogens is 2. The third kappa shape index (κ3) is 5.07. The summed E-state index contributed by atoms with van der Waals surface area (Å²) in [7, 11) is 0. The number of carbonyl (C=O) groups excluding carboxylic acids is 1. The zero-order chi connectivity index (χ0) is 23.2. The zero-order valence-corrected chi connectivity index (χ0v) is 18.4. The third-order valence-electron chi connectivity index (χ3n) is 5.37. The van der Waals surface area contributed by atoms with Gasteiger partial charge in [0.05, 0.1) is 0 Å². The van der Waals surface area contributed by atoms with Crippen molar-refractivity contribution < 1.29 is 9.53 Å². The van der Waals surface area contributed by atoms with E-state index in [-0.39, 0.29) is 12.3 Å². The molecular weight excluding hydrogens is 428 g/mol. The van der Waals surface area contributed by atoms with Gasteiger partial charge >= 0.3 is 6.03 Å². The third-order valence-corrected chi connectivity index (χ3v) is 5.37. The number of fused-ring (bicyclic) bond motifs is 1. The lowest BCUT2D eigenvalue weighted by Gasteiger charge is -2.11. The fraction of sp³-hybridized carbons (Fsp3) is 0.115. The number of benzene rings is 3. The van der Waals surface area contributed by atoms with E-state index in [0.29, 0.717) is 18.2 Å². The van der Waals surface area contributed by atoms with Crippen LogP contribution in [-0.4, -0.2) is 22.5 Å². The van der Waals surface area contributed by atoms with Crippen LogP contribution in [0.1, 0.15) is 17.4 Å². The van der Waals surface area contributed by atoms with Crippen LogP contribution in [0.4, 0.5) is 27.7 Å². The summed E-state index contributed by atoms with van der Waals surface area (Å²) < 4.78 is 5.94. The molecule has 4 aromatic rings. The maximum atomic E-state index is 12.1. The Morgan fingerprint density at radius 3 is 2.26 bits per heavy atom. The van der Waals surface area contributed by atoms with Gasteiger partial charge in [-0.3, -0.25) is 0 Å². The van der Waals surface area contributed by atoms with Crippen molar-refractivity contribution in [3.05, 3.63) is 102 Å². The quantitative estimate of drug-likeness (QED) is 0.305. The fourth-order valence-electron chi connectivity index (χ4n) is 3.67. The highest BCUT2D eigenvalue weighted by molar-refractivity contribution is 5.99. The molecule has 0 bridgehead atoms. The van der Waals surface area contributed by atoms with Gasteiger partial charge in [-0.15, -0.1) is 0 Å². The molecule has 1 aliphatic heterocycles. The molecule has 5 rings (SSSR count). The monoisotopic (exact) mass is 452 g/mol. The first-order valence-electron chi connectivity index (χ1n) is 11.0. The van der Waals surface area contributed by atoms with Crippen LogP contribution in [0.25, 0.3) is 0 Å². The lowest BCUT2D eigenvalue weighted by molar-refractivity contribution is 0.250. The molecule has 0 fully saturated rings. The minimum Gasteiger partial charge on any atom is -0.448 e. The summed E-state index contributed by atoms with van der Waals surface area (Å²) in [6.45, 7) is 0.683. The number of hydrogen-bond acceptors (Lipinski definition) is 6. The van der Waals surface area contributed by atoms with E-state index in [1.54, 1.807) is 0 Å². The largest absolute Gasteiger partial charge is 0.448 e. The van der Waals surface area contributed by atoms with Gasteiger partial charge in [0.1, 0.15) is 12.0 Å². The van der Waals surface area contributed by atoms with E-state index in [0.717, 1.165) is 34.6 Å². The predicted octanol–water partition coefficient (Wildman–Crippen LogP) is 5.28. The summed E-state index contributed by atoms with van der Waals surface area (Å²) in [6.07, 6.45) is 2.00. The predicted molar refractivity (Wildman–Crippen MR) is 133 cm³/mol. The molecule has 0 aliphatic carbocycles. The van der Waals surface area contributed by atoms with Crippen molar-refractivity contribution in [1.29, 1.82) is 0 Å². The van der Waals surface area contributed by atoms with E-state index < -0.39 is 0 Å². The number of urea groups is 1. The Labute approximate surface area is 197 Å². The topological polar surface area (TPSA) is 100 Å². The number of hydrogen-bond donors (Lipinski definition) is 4. The van der Waals surface area contributed by atoms with Crippen LogP contribution in [0.2, 0.25) is 0 Å². The second-order valence-corrected chi connectivity index (χ2v) is 7.77. The standard InChI is InChI=1S/C26H24N6O2/c33-26(30-20-9-5-2-6-10-20)31-21-13-11-18(12-14-21)15-16-27-23-22-25(29-17-28-23)34-24(32-22)19-7-3-1-4-8-19/h1-14,17,24,32H,15-16H2,(H,27,28,29)(H2,30,31,33). The first-order chi connectivity index (χ1) is 16.7. The number of nitrogens with zero attached hydrogens (tertiary/aromatic N) is 2. The van der Waals surface area contributed by atoms with Crippen molar-refractivity contribution in [2.75, 3.05) is 27.8 Å². The number of rotatable bonds is 7. The smallest absolute Gasteiger partial charge is 0.323 e. The average molecular weight is 453 g/mol. The molecule has 3 aromatic carbocycles. The number of carbonyl (C=O) groups is 1. The molecule has 0 spiro atoms. The molecule has 1 unspecified atom stereocenters. The van der Waals surface area contributed by atoms with Gasteiger partial charge in [-0.2, -0.15) is 4.98 Å². The molecule has 34 heavy (non-hydrogen) atoms. The molecular formula is C26H24N6O2. The van der Waals surface area contributed by atoms with Crippen LogP contribution in [0.15, 0.2) is 91.3 Å². The van der Waals surface area contributed by atoms with Gasteiger partial charge in [-0.25, -0.2) is 9.78 Å². The first kappa shape index (κ1) is 21.3. The van der Waals surface area contributed by atoms with E-state index in [1.807, 2.05) is 84.9 Å². The Balaban J connectivity index is 1.13. The van der Waals surface area contributed by atoms with Crippen molar-refractivity contribution in [3.63, 3.8) is 0 Å². The van der Waals surface area contributed by atoms with Crippen LogP contribution < -0.4 is 26.0 Å². The highest BCUT2D eigenvalue weighted by Gasteiger charge is 2.27. The summed E-state index contributed by atoms with van der Waals surface area (Å²) in [4.78, 5) is 20.8. The molecule has 0 saturated heterocycles. The maximum Gasteiger partial charge on any atom is 0.323 e. The molecule has 4 N–H and O–H groups in total. The van der Waals surface area contributed by atoms with Crippen molar-refractivity contribution >= 4 is 28.9 Å². The molecule has 8 nitrogen and oxygen atoms in total. The molecule has 1 aromatic heterocycles. The molecule has 170 valence electrons. The van der Waals surface area contributed by atoms with E-state index in [1.165, 1.54) is 6.33 Å². The minimum atomic E-state index is -0.285. The Bertz CT molecular complexity index is 1250. The van der Waals surface area contributed by atoms with Gasteiger partial charge in [0.25, 0.3) is 0 Å². The van der Waals surface area contributed by atoms with Gasteiger partial charge in [-0.05, 0) is 36.2 Å². The Hall–Kier alpha value is -4.59. The molecule has 2 amide bonds. The molecule has 1 atom stereocenters. The first-order valence-corrected chi connectivity index (χ1v) is 11.0. The summed E-state index contributed by atoms with van der Waals surface area (Å²) >= 11 is 0. The van der Waals surface area contributed by atoms with Gasteiger partial charge in [0.15, 0.2) is 12.0 Å². The number of para-hydroxylation sites is 1. The average Bonchev–Trinajstić information content (AvgIpc) is 3.32. The SMILES string of the molecule is O=C(Nc1ccccc1)Nc1ccc(CCNc2ncnc3c2NC(c2ccccc2)O3)cc1. The second-order valence-electron chi connectivity index (χ2n) is 7.77. The maximum absolute atomic E-state index is 12.1. The van der Waals surface area contributed by atoms with Crippen LogP contribution in [0.5, 0.6) is 5.88 Å². The second kappa shape index (κ2) is 9.91.